The van der Waals surface area contributed by atoms with Crippen molar-refractivity contribution in [1.82, 2.24) is 5.32 Å². The van der Waals surface area contributed by atoms with Crippen LogP contribution in [0.25, 0.3) is 0 Å². The summed E-state index contributed by atoms with van der Waals surface area (Å²) in [6.45, 7) is 14.1. The molecule has 0 unspecified atom stereocenters. The van der Waals surface area contributed by atoms with Crippen molar-refractivity contribution < 1.29 is 23.8 Å². The highest BCUT2D eigenvalue weighted by Gasteiger charge is 2.26. The average Bonchev–Trinajstić information content (AvgIpc) is 2.75. The zero-order chi connectivity index (χ0) is 25.3. The van der Waals surface area contributed by atoms with Crippen LogP contribution in [0.2, 0.25) is 0 Å². The summed E-state index contributed by atoms with van der Waals surface area (Å²) in [7, 11) is 0. The van der Waals surface area contributed by atoms with Gasteiger partial charge in [-0.25, -0.2) is 9.59 Å². The topological polar surface area (TPSA) is 73.9 Å². The number of nitrogens with one attached hydrogen (secondary N) is 1. The molecule has 34 heavy (non-hydrogen) atoms. The minimum Gasteiger partial charge on any atom is -0.489 e. The van der Waals surface area contributed by atoms with Crippen LogP contribution in [0.1, 0.15) is 77.0 Å². The summed E-state index contributed by atoms with van der Waals surface area (Å²) in [5, 5.41) is 2.65. The van der Waals surface area contributed by atoms with Gasteiger partial charge in [-0.1, -0.05) is 76.2 Å². The molecule has 1 N–H and O–H groups in total. The van der Waals surface area contributed by atoms with E-state index < -0.39 is 23.7 Å². The van der Waals surface area contributed by atoms with E-state index in [1.165, 1.54) is 0 Å². The van der Waals surface area contributed by atoms with E-state index in [0.29, 0.717) is 18.3 Å². The summed E-state index contributed by atoms with van der Waals surface area (Å²) in [5.41, 5.74) is 2.50. The number of benzene rings is 2. The minimum atomic E-state index is -0.869. The standard InChI is InChI=1S/C28H39NO5/c1-19(2)22-14-11-15-23(20(3)4)25(22)32-16-17-33-26(30)24(18-21-12-9-8-10-13-21)29-27(31)34-28(5,6)7/h8-15,19-20,24H,16-18H2,1-7H3,(H,29,31)/t24-/m0/s1. The third-order valence-electron chi connectivity index (χ3n) is 5.15. The summed E-state index contributed by atoms with van der Waals surface area (Å²) < 4.78 is 16.9. The zero-order valence-corrected chi connectivity index (χ0v) is 21.5. The van der Waals surface area contributed by atoms with Gasteiger partial charge in [0.1, 0.15) is 30.6 Å². The van der Waals surface area contributed by atoms with Crippen LogP contribution in [0.5, 0.6) is 5.75 Å². The van der Waals surface area contributed by atoms with Gasteiger partial charge < -0.3 is 19.5 Å². The molecule has 0 bridgehead atoms. The highest BCUT2D eigenvalue weighted by molar-refractivity contribution is 5.81. The van der Waals surface area contributed by atoms with Gasteiger partial charge >= 0.3 is 12.1 Å². The number of ether oxygens (including phenoxy) is 3. The molecular formula is C28H39NO5. The number of alkyl carbamates (subject to hydrolysis) is 1. The molecule has 6 heteroatoms. The maximum absolute atomic E-state index is 12.9. The second-order valence-corrected chi connectivity index (χ2v) is 9.98. The van der Waals surface area contributed by atoms with Crippen molar-refractivity contribution in [1.29, 1.82) is 0 Å². The van der Waals surface area contributed by atoms with Gasteiger partial charge in [-0.3, -0.25) is 0 Å². The SMILES string of the molecule is CC(C)c1cccc(C(C)C)c1OCCOC(=O)[C@H](Cc1ccccc1)NC(=O)OC(C)(C)C. The van der Waals surface area contributed by atoms with Crippen LogP contribution in [0.15, 0.2) is 48.5 Å². The van der Waals surface area contributed by atoms with Crippen molar-refractivity contribution in [2.75, 3.05) is 13.2 Å². The smallest absolute Gasteiger partial charge is 0.408 e. The molecule has 2 aromatic carbocycles. The Morgan fingerprint density at radius 2 is 1.44 bits per heavy atom. The molecule has 0 aliphatic carbocycles. The molecule has 2 rings (SSSR count). The molecular weight excluding hydrogens is 430 g/mol. The zero-order valence-electron chi connectivity index (χ0n) is 21.5. The summed E-state index contributed by atoms with van der Waals surface area (Å²) in [6, 6.07) is 14.8. The van der Waals surface area contributed by atoms with E-state index in [0.717, 1.165) is 22.4 Å². The Hall–Kier alpha value is -3.02. The number of para-hydroxylation sites is 1. The molecule has 0 saturated carbocycles. The van der Waals surface area contributed by atoms with Crippen LogP contribution < -0.4 is 10.1 Å². The predicted octanol–water partition coefficient (Wildman–Crippen LogP) is 5.99. The van der Waals surface area contributed by atoms with E-state index in [1.54, 1.807) is 20.8 Å². The fourth-order valence-corrected chi connectivity index (χ4v) is 3.53. The Labute approximate surface area is 204 Å². The van der Waals surface area contributed by atoms with Crippen molar-refractivity contribution in [3.8, 4) is 5.75 Å². The third-order valence-corrected chi connectivity index (χ3v) is 5.15. The molecule has 0 aliphatic heterocycles. The normalized spacial score (nSPS) is 12.4. The first kappa shape index (κ1) is 27.2. The quantitative estimate of drug-likeness (QED) is 0.342. The number of hydrogen-bond donors (Lipinski definition) is 1. The van der Waals surface area contributed by atoms with Crippen molar-refractivity contribution in [2.45, 2.75) is 78.4 Å². The molecule has 0 heterocycles. The minimum absolute atomic E-state index is 0.0735. The van der Waals surface area contributed by atoms with Gasteiger partial charge in [-0.15, -0.1) is 0 Å². The Morgan fingerprint density at radius 1 is 0.853 bits per heavy atom. The largest absolute Gasteiger partial charge is 0.489 e. The molecule has 0 fully saturated rings. The maximum Gasteiger partial charge on any atom is 0.408 e. The number of rotatable bonds is 10. The van der Waals surface area contributed by atoms with Crippen LogP contribution in [0.4, 0.5) is 4.79 Å². The molecule has 1 atom stereocenters. The van der Waals surface area contributed by atoms with Crippen molar-refractivity contribution >= 4 is 12.1 Å². The number of carbonyl (C=O) groups is 2. The number of esters is 1. The van der Waals surface area contributed by atoms with E-state index in [9.17, 15) is 9.59 Å². The van der Waals surface area contributed by atoms with Crippen molar-refractivity contribution in [3.63, 3.8) is 0 Å². The van der Waals surface area contributed by atoms with E-state index in [-0.39, 0.29) is 13.2 Å². The predicted molar refractivity (Wildman–Crippen MR) is 134 cm³/mol. The second-order valence-electron chi connectivity index (χ2n) is 9.98. The highest BCUT2D eigenvalue weighted by Crippen LogP contribution is 2.34. The molecule has 1 amide bonds. The molecule has 186 valence electrons. The van der Waals surface area contributed by atoms with Crippen molar-refractivity contribution in [3.05, 3.63) is 65.2 Å². The summed E-state index contributed by atoms with van der Waals surface area (Å²) in [6.07, 6.45) is -0.359. The Bertz CT molecular complexity index is 905. The van der Waals surface area contributed by atoms with Gasteiger partial charge in [0.05, 0.1) is 0 Å². The molecule has 0 spiro atoms. The molecule has 6 nitrogen and oxygen atoms in total. The van der Waals surface area contributed by atoms with Gasteiger partial charge in [-0.2, -0.15) is 0 Å². The van der Waals surface area contributed by atoms with Gasteiger partial charge in [0.15, 0.2) is 0 Å². The monoisotopic (exact) mass is 469 g/mol. The Kier molecular flexibility index (Phi) is 9.97. The Morgan fingerprint density at radius 3 is 1.97 bits per heavy atom. The molecule has 0 aromatic heterocycles. The van der Waals surface area contributed by atoms with Gasteiger partial charge in [0, 0.05) is 6.42 Å². The van der Waals surface area contributed by atoms with E-state index >= 15 is 0 Å². The first-order valence-corrected chi connectivity index (χ1v) is 11.9. The molecule has 0 aliphatic rings. The highest BCUT2D eigenvalue weighted by atomic mass is 16.6. The second kappa shape index (κ2) is 12.4. The first-order valence-electron chi connectivity index (χ1n) is 11.9. The molecule has 0 radical (unpaired) electrons. The molecule has 2 aromatic rings. The number of hydrogen-bond acceptors (Lipinski definition) is 5. The van der Waals surface area contributed by atoms with Crippen LogP contribution in [-0.2, 0) is 20.7 Å². The van der Waals surface area contributed by atoms with E-state index in [2.05, 4.69) is 45.1 Å². The van der Waals surface area contributed by atoms with E-state index in [4.69, 9.17) is 14.2 Å². The maximum atomic E-state index is 12.9. The lowest BCUT2D eigenvalue weighted by Crippen LogP contribution is -2.45. The van der Waals surface area contributed by atoms with E-state index in [1.807, 2.05) is 36.4 Å². The van der Waals surface area contributed by atoms with Crippen LogP contribution in [0, 0.1) is 0 Å². The summed E-state index contributed by atoms with van der Waals surface area (Å²) in [5.74, 6) is 0.949. The third kappa shape index (κ3) is 8.73. The summed E-state index contributed by atoms with van der Waals surface area (Å²) >= 11 is 0. The van der Waals surface area contributed by atoms with Crippen LogP contribution in [-0.4, -0.2) is 36.9 Å². The van der Waals surface area contributed by atoms with Crippen molar-refractivity contribution in [2.24, 2.45) is 0 Å². The fraction of sp³-hybridized carbons (Fsp3) is 0.500. The Balaban J connectivity index is 2.03. The van der Waals surface area contributed by atoms with Gasteiger partial charge in [0.25, 0.3) is 0 Å². The summed E-state index contributed by atoms with van der Waals surface area (Å²) in [4.78, 5) is 25.2. The first-order chi connectivity index (χ1) is 16.0. The number of carbonyl (C=O) groups excluding carboxylic acids is 2. The molecule has 0 saturated heterocycles. The van der Waals surface area contributed by atoms with Gasteiger partial charge in [0.2, 0.25) is 0 Å². The lowest BCUT2D eigenvalue weighted by Gasteiger charge is -2.23. The fourth-order valence-electron chi connectivity index (χ4n) is 3.53. The van der Waals surface area contributed by atoms with Crippen LogP contribution >= 0.6 is 0 Å². The lowest BCUT2D eigenvalue weighted by molar-refractivity contribution is -0.146. The lowest BCUT2D eigenvalue weighted by atomic mass is 9.94. The number of amides is 1. The van der Waals surface area contributed by atoms with Gasteiger partial charge in [-0.05, 0) is 49.3 Å². The average molecular weight is 470 g/mol. The van der Waals surface area contributed by atoms with Crippen LogP contribution in [0.3, 0.4) is 0 Å².